The SMILES string of the molecule is Cn1nc(C(C)(C)C)cc1C1(CN)CCC1. The van der Waals surface area contributed by atoms with Crippen LogP contribution in [-0.4, -0.2) is 16.3 Å². The molecule has 2 rings (SSSR count). The van der Waals surface area contributed by atoms with E-state index in [9.17, 15) is 0 Å². The van der Waals surface area contributed by atoms with Gasteiger partial charge in [0.05, 0.1) is 5.69 Å². The lowest BCUT2D eigenvalue weighted by atomic mass is 9.66. The number of nitrogens with zero attached hydrogens (tertiary/aromatic N) is 2. The maximum absolute atomic E-state index is 5.95. The summed E-state index contributed by atoms with van der Waals surface area (Å²) in [5.41, 5.74) is 8.78. The first-order valence-corrected chi connectivity index (χ1v) is 6.14. The molecule has 0 unspecified atom stereocenters. The monoisotopic (exact) mass is 221 g/mol. The van der Waals surface area contributed by atoms with Crippen molar-refractivity contribution in [2.45, 2.75) is 50.9 Å². The highest BCUT2D eigenvalue weighted by molar-refractivity contribution is 5.27. The molecular weight excluding hydrogens is 198 g/mol. The van der Waals surface area contributed by atoms with Gasteiger partial charge in [0.2, 0.25) is 0 Å². The molecule has 0 aliphatic heterocycles. The van der Waals surface area contributed by atoms with Gasteiger partial charge < -0.3 is 5.73 Å². The quantitative estimate of drug-likeness (QED) is 0.831. The molecule has 0 radical (unpaired) electrons. The van der Waals surface area contributed by atoms with Crippen molar-refractivity contribution in [3.63, 3.8) is 0 Å². The number of hydrogen-bond donors (Lipinski definition) is 1. The van der Waals surface area contributed by atoms with Crippen LogP contribution in [-0.2, 0) is 17.9 Å². The fourth-order valence-electron chi connectivity index (χ4n) is 2.50. The lowest BCUT2D eigenvalue weighted by Gasteiger charge is -2.40. The van der Waals surface area contributed by atoms with E-state index in [-0.39, 0.29) is 10.8 Å². The van der Waals surface area contributed by atoms with Crippen molar-refractivity contribution in [3.05, 3.63) is 17.5 Å². The zero-order valence-corrected chi connectivity index (χ0v) is 10.9. The zero-order chi connectivity index (χ0) is 12.0. The first-order chi connectivity index (χ1) is 7.39. The van der Waals surface area contributed by atoms with E-state index in [0.717, 1.165) is 6.54 Å². The molecule has 1 aromatic heterocycles. The van der Waals surface area contributed by atoms with Gasteiger partial charge in [0.15, 0.2) is 0 Å². The molecule has 1 aliphatic carbocycles. The Bertz CT molecular complexity index is 375. The van der Waals surface area contributed by atoms with Crippen LogP contribution in [0.15, 0.2) is 6.07 Å². The molecule has 90 valence electrons. The van der Waals surface area contributed by atoms with Crippen LogP contribution in [0, 0.1) is 0 Å². The molecule has 0 saturated heterocycles. The predicted octanol–water partition coefficient (Wildman–Crippen LogP) is 2.10. The molecule has 3 nitrogen and oxygen atoms in total. The van der Waals surface area contributed by atoms with Crippen molar-refractivity contribution in [2.75, 3.05) is 6.54 Å². The maximum atomic E-state index is 5.95. The van der Waals surface area contributed by atoms with E-state index >= 15 is 0 Å². The average molecular weight is 221 g/mol. The minimum atomic E-state index is 0.121. The fourth-order valence-corrected chi connectivity index (χ4v) is 2.50. The molecule has 3 heteroatoms. The lowest BCUT2D eigenvalue weighted by Crippen LogP contribution is -2.43. The third-order valence-corrected chi connectivity index (χ3v) is 3.89. The number of aromatic nitrogens is 2. The summed E-state index contributed by atoms with van der Waals surface area (Å²) in [6.45, 7) is 7.36. The Morgan fingerprint density at radius 2 is 2.06 bits per heavy atom. The molecular formula is C13H23N3. The molecule has 1 aliphatic rings. The van der Waals surface area contributed by atoms with Gasteiger partial charge in [-0.3, -0.25) is 4.68 Å². The van der Waals surface area contributed by atoms with Gasteiger partial charge in [-0.05, 0) is 18.9 Å². The van der Waals surface area contributed by atoms with Crippen LogP contribution >= 0.6 is 0 Å². The lowest BCUT2D eigenvalue weighted by molar-refractivity contribution is 0.237. The van der Waals surface area contributed by atoms with Gasteiger partial charge in [0, 0.05) is 30.1 Å². The molecule has 0 aromatic carbocycles. The van der Waals surface area contributed by atoms with E-state index in [0.29, 0.717) is 0 Å². The van der Waals surface area contributed by atoms with Crippen molar-refractivity contribution < 1.29 is 0 Å². The third kappa shape index (κ3) is 1.67. The van der Waals surface area contributed by atoms with E-state index in [1.54, 1.807) is 0 Å². The summed E-state index contributed by atoms with van der Waals surface area (Å²) in [5.74, 6) is 0. The van der Waals surface area contributed by atoms with E-state index in [2.05, 4.69) is 31.9 Å². The number of hydrogen-bond acceptors (Lipinski definition) is 2. The highest BCUT2D eigenvalue weighted by Gasteiger charge is 2.40. The van der Waals surface area contributed by atoms with E-state index < -0.39 is 0 Å². The Morgan fingerprint density at radius 3 is 2.38 bits per heavy atom. The van der Waals surface area contributed by atoms with Gasteiger partial charge >= 0.3 is 0 Å². The molecule has 0 amide bonds. The standard InChI is InChI=1S/C13H23N3/c1-12(2,3)10-8-11(16(4)15-10)13(9-14)6-5-7-13/h8H,5-7,9,14H2,1-4H3. The fraction of sp³-hybridized carbons (Fsp3) is 0.769. The first kappa shape index (κ1) is 11.6. The Hall–Kier alpha value is -0.830. The van der Waals surface area contributed by atoms with Crippen molar-refractivity contribution in [1.29, 1.82) is 0 Å². The minimum absolute atomic E-state index is 0.121. The van der Waals surface area contributed by atoms with Crippen LogP contribution in [0.3, 0.4) is 0 Å². The largest absolute Gasteiger partial charge is 0.330 e. The molecule has 1 fully saturated rings. The minimum Gasteiger partial charge on any atom is -0.330 e. The molecule has 16 heavy (non-hydrogen) atoms. The second-order valence-electron chi connectivity index (χ2n) is 6.13. The van der Waals surface area contributed by atoms with E-state index in [1.807, 2.05) is 11.7 Å². The molecule has 1 saturated carbocycles. The van der Waals surface area contributed by atoms with Crippen LogP contribution in [0.25, 0.3) is 0 Å². The van der Waals surface area contributed by atoms with Crippen LogP contribution < -0.4 is 5.73 Å². The summed E-state index contributed by atoms with van der Waals surface area (Å²) in [4.78, 5) is 0. The maximum Gasteiger partial charge on any atom is 0.0680 e. The molecule has 0 atom stereocenters. The smallest absolute Gasteiger partial charge is 0.0680 e. The van der Waals surface area contributed by atoms with Gasteiger partial charge in [0.25, 0.3) is 0 Å². The highest BCUT2D eigenvalue weighted by atomic mass is 15.3. The summed E-state index contributed by atoms with van der Waals surface area (Å²) >= 11 is 0. The van der Waals surface area contributed by atoms with E-state index in [4.69, 9.17) is 5.73 Å². The Morgan fingerprint density at radius 1 is 1.44 bits per heavy atom. The second-order valence-corrected chi connectivity index (χ2v) is 6.13. The number of nitrogens with two attached hydrogens (primary N) is 1. The van der Waals surface area contributed by atoms with Gasteiger partial charge in [-0.25, -0.2) is 0 Å². The summed E-state index contributed by atoms with van der Waals surface area (Å²) in [6.07, 6.45) is 3.73. The number of aryl methyl sites for hydroxylation is 1. The van der Waals surface area contributed by atoms with E-state index in [1.165, 1.54) is 30.7 Å². The van der Waals surface area contributed by atoms with Crippen LogP contribution in [0.5, 0.6) is 0 Å². The van der Waals surface area contributed by atoms with Crippen LogP contribution in [0.2, 0.25) is 0 Å². The average Bonchev–Trinajstić information content (AvgIpc) is 2.47. The molecule has 0 bridgehead atoms. The third-order valence-electron chi connectivity index (χ3n) is 3.89. The van der Waals surface area contributed by atoms with Crippen LogP contribution in [0.1, 0.15) is 51.4 Å². The molecule has 1 aromatic rings. The van der Waals surface area contributed by atoms with Crippen molar-refractivity contribution in [1.82, 2.24) is 9.78 Å². The summed E-state index contributed by atoms with van der Waals surface area (Å²) in [5, 5.41) is 4.64. The van der Waals surface area contributed by atoms with Gasteiger partial charge in [-0.2, -0.15) is 5.10 Å². The zero-order valence-electron chi connectivity index (χ0n) is 10.9. The Balaban J connectivity index is 2.39. The normalized spacial score (nSPS) is 19.6. The van der Waals surface area contributed by atoms with Gasteiger partial charge in [-0.15, -0.1) is 0 Å². The molecule has 2 N–H and O–H groups in total. The van der Waals surface area contributed by atoms with Crippen molar-refractivity contribution >= 4 is 0 Å². The van der Waals surface area contributed by atoms with Gasteiger partial charge in [-0.1, -0.05) is 27.2 Å². The second kappa shape index (κ2) is 3.59. The van der Waals surface area contributed by atoms with Crippen molar-refractivity contribution in [3.8, 4) is 0 Å². The Kier molecular flexibility index (Phi) is 2.61. The number of rotatable bonds is 2. The first-order valence-electron chi connectivity index (χ1n) is 6.14. The van der Waals surface area contributed by atoms with Crippen molar-refractivity contribution in [2.24, 2.45) is 12.8 Å². The van der Waals surface area contributed by atoms with Gasteiger partial charge in [0.1, 0.15) is 0 Å². The Labute approximate surface area is 98.0 Å². The summed E-state index contributed by atoms with van der Waals surface area (Å²) < 4.78 is 2.03. The van der Waals surface area contributed by atoms with Crippen LogP contribution in [0.4, 0.5) is 0 Å². The summed E-state index contributed by atoms with van der Waals surface area (Å²) in [7, 11) is 2.04. The molecule has 0 spiro atoms. The summed E-state index contributed by atoms with van der Waals surface area (Å²) in [6, 6.07) is 2.26. The topological polar surface area (TPSA) is 43.8 Å². The highest BCUT2D eigenvalue weighted by Crippen LogP contribution is 2.43. The molecule has 1 heterocycles. The predicted molar refractivity (Wildman–Crippen MR) is 66.5 cm³/mol.